The second kappa shape index (κ2) is 11.0. The Hall–Kier alpha value is -4.27. The third-order valence-electron chi connectivity index (χ3n) is 7.59. The molecule has 3 aromatic carbocycles. The molecule has 0 radical (unpaired) electrons. The van der Waals surface area contributed by atoms with Crippen molar-refractivity contribution in [2.24, 2.45) is 0 Å². The fourth-order valence-electron chi connectivity index (χ4n) is 5.19. The van der Waals surface area contributed by atoms with E-state index in [2.05, 4.69) is 15.5 Å². The summed E-state index contributed by atoms with van der Waals surface area (Å²) in [5.41, 5.74) is 5.84. The number of halogens is 1. The summed E-state index contributed by atoms with van der Waals surface area (Å²) in [7, 11) is 0. The Labute approximate surface area is 242 Å². The van der Waals surface area contributed by atoms with Crippen molar-refractivity contribution in [3.8, 4) is 22.5 Å². The number of carbonyl (C=O) groups excluding carboxylic acids is 1. The molecule has 5 aromatic rings. The second-order valence-electron chi connectivity index (χ2n) is 10.3. The molecule has 0 spiro atoms. The van der Waals surface area contributed by atoms with Gasteiger partial charge in [0.05, 0.1) is 36.0 Å². The van der Waals surface area contributed by atoms with Crippen LogP contribution in [0.25, 0.3) is 22.5 Å². The molecule has 0 aliphatic heterocycles. The smallest absolute Gasteiger partial charge is 0.316 e. The number of aromatic nitrogens is 4. The molecule has 41 heavy (non-hydrogen) atoms. The van der Waals surface area contributed by atoms with Gasteiger partial charge in [-0.2, -0.15) is 0 Å². The van der Waals surface area contributed by atoms with Crippen LogP contribution in [-0.4, -0.2) is 37.8 Å². The molecule has 1 aliphatic carbocycles. The Morgan fingerprint density at radius 3 is 2.41 bits per heavy atom. The van der Waals surface area contributed by atoms with E-state index < -0.39 is 11.5 Å². The van der Waals surface area contributed by atoms with E-state index >= 15 is 0 Å². The first-order chi connectivity index (χ1) is 19.9. The Balaban J connectivity index is 1.20. The third-order valence-corrected chi connectivity index (χ3v) is 7.82. The van der Waals surface area contributed by atoms with Crippen LogP contribution in [0.3, 0.4) is 0 Å². The molecular formula is C32H29ClN4O4. The van der Waals surface area contributed by atoms with Crippen molar-refractivity contribution in [1.29, 1.82) is 0 Å². The fourth-order valence-corrected chi connectivity index (χ4v) is 5.41. The van der Waals surface area contributed by atoms with Gasteiger partial charge in [0, 0.05) is 10.6 Å². The number of benzene rings is 3. The van der Waals surface area contributed by atoms with Crippen molar-refractivity contribution in [2.45, 2.75) is 44.8 Å². The molecule has 1 aliphatic rings. The van der Waals surface area contributed by atoms with Crippen molar-refractivity contribution in [3.63, 3.8) is 0 Å². The highest BCUT2D eigenvalue weighted by Gasteiger charge is 2.52. The maximum atomic E-state index is 12.4. The molecule has 208 valence electrons. The number of aryl methyl sites for hydroxylation is 1. The lowest BCUT2D eigenvalue weighted by molar-refractivity contribution is -0.146. The molecule has 0 saturated heterocycles. The number of aliphatic hydroxyl groups excluding tert-OH is 1. The summed E-state index contributed by atoms with van der Waals surface area (Å²) in [6.45, 7) is 4.49. The molecule has 2 heterocycles. The average Bonchev–Trinajstić information content (AvgIpc) is 3.52. The SMILES string of the molecule is CCOC(=O)C1(c2ccc(-c3ccc(-c4onc(C)c4C(O)c4cn(Cc5cccc(Cl)c5)nn4)cc3)cc2)CC1. The topological polar surface area (TPSA) is 103 Å². The van der Waals surface area contributed by atoms with Crippen LogP contribution in [0.5, 0.6) is 0 Å². The summed E-state index contributed by atoms with van der Waals surface area (Å²) in [5, 5.41) is 24.4. The molecule has 1 N–H and O–H groups in total. The van der Waals surface area contributed by atoms with Crippen LogP contribution in [0.4, 0.5) is 0 Å². The predicted molar refractivity (Wildman–Crippen MR) is 154 cm³/mol. The lowest BCUT2D eigenvalue weighted by Gasteiger charge is -2.14. The largest absolute Gasteiger partial charge is 0.465 e. The van der Waals surface area contributed by atoms with Crippen LogP contribution >= 0.6 is 11.6 Å². The number of esters is 1. The second-order valence-corrected chi connectivity index (χ2v) is 10.8. The first-order valence-corrected chi connectivity index (χ1v) is 13.9. The van der Waals surface area contributed by atoms with Crippen molar-refractivity contribution < 1.29 is 19.2 Å². The number of rotatable bonds is 9. The molecule has 1 atom stereocenters. The lowest BCUT2D eigenvalue weighted by atomic mass is 9.93. The van der Waals surface area contributed by atoms with Crippen LogP contribution in [0.15, 0.2) is 83.5 Å². The van der Waals surface area contributed by atoms with E-state index in [1.165, 1.54) is 0 Å². The van der Waals surface area contributed by atoms with E-state index in [0.29, 0.717) is 40.9 Å². The van der Waals surface area contributed by atoms with E-state index in [1.807, 2.05) is 79.7 Å². The summed E-state index contributed by atoms with van der Waals surface area (Å²) in [5.74, 6) is 0.340. The number of hydrogen-bond acceptors (Lipinski definition) is 7. The first-order valence-electron chi connectivity index (χ1n) is 13.6. The molecule has 0 amide bonds. The third kappa shape index (κ3) is 5.28. The average molecular weight is 569 g/mol. The minimum Gasteiger partial charge on any atom is -0.465 e. The highest BCUT2D eigenvalue weighted by Crippen LogP contribution is 2.49. The summed E-state index contributed by atoms with van der Waals surface area (Å²) in [4.78, 5) is 12.4. The predicted octanol–water partition coefficient (Wildman–Crippen LogP) is 6.29. The first kappa shape index (κ1) is 26.9. The summed E-state index contributed by atoms with van der Waals surface area (Å²) >= 11 is 6.10. The van der Waals surface area contributed by atoms with E-state index in [-0.39, 0.29) is 5.97 Å². The van der Waals surface area contributed by atoms with Crippen molar-refractivity contribution in [1.82, 2.24) is 20.2 Å². The van der Waals surface area contributed by atoms with Gasteiger partial charge in [-0.15, -0.1) is 5.10 Å². The zero-order valence-electron chi connectivity index (χ0n) is 22.8. The maximum absolute atomic E-state index is 12.4. The zero-order chi connectivity index (χ0) is 28.6. The van der Waals surface area contributed by atoms with Gasteiger partial charge >= 0.3 is 5.97 Å². The Bertz CT molecular complexity index is 1690. The minimum atomic E-state index is -1.06. The van der Waals surface area contributed by atoms with Gasteiger partial charge < -0.3 is 14.4 Å². The number of carbonyl (C=O) groups is 1. The molecule has 1 unspecified atom stereocenters. The number of ether oxygens (including phenoxy) is 1. The van der Waals surface area contributed by atoms with Crippen molar-refractivity contribution in [3.05, 3.63) is 112 Å². The number of aliphatic hydroxyl groups is 1. The molecule has 1 fully saturated rings. The van der Waals surface area contributed by atoms with Gasteiger partial charge in [0.15, 0.2) is 5.76 Å². The van der Waals surface area contributed by atoms with E-state index in [4.69, 9.17) is 20.9 Å². The normalized spacial score (nSPS) is 14.5. The van der Waals surface area contributed by atoms with Gasteiger partial charge in [-0.1, -0.05) is 82.6 Å². The highest BCUT2D eigenvalue weighted by molar-refractivity contribution is 6.30. The van der Waals surface area contributed by atoms with Crippen LogP contribution in [0.2, 0.25) is 5.02 Å². The van der Waals surface area contributed by atoms with Gasteiger partial charge in [0.25, 0.3) is 0 Å². The van der Waals surface area contributed by atoms with Crippen LogP contribution in [0.1, 0.15) is 53.9 Å². The van der Waals surface area contributed by atoms with E-state index in [1.54, 1.807) is 17.8 Å². The Kier molecular flexibility index (Phi) is 7.19. The van der Waals surface area contributed by atoms with Gasteiger partial charge in [0.2, 0.25) is 0 Å². The quantitative estimate of drug-likeness (QED) is 0.208. The molecule has 1 saturated carbocycles. The van der Waals surface area contributed by atoms with Gasteiger partial charge in [-0.05, 0) is 61.1 Å². The van der Waals surface area contributed by atoms with Gasteiger partial charge in [-0.25, -0.2) is 4.68 Å². The lowest BCUT2D eigenvalue weighted by Crippen LogP contribution is -2.23. The number of nitrogens with zero attached hydrogens (tertiary/aromatic N) is 4. The van der Waals surface area contributed by atoms with Gasteiger partial charge in [0.1, 0.15) is 11.8 Å². The molecule has 9 heteroatoms. The monoisotopic (exact) mass is 568 g/mol. The van der Waals surface area contributed by atoms with Crippen LogP contribution in [-0.2, 0) is 21.5 Å². The molecule has 0 bridgehead atoms. The number of hydrogen-bond donors (Lipinski definition) is 1. The van der Waals surface area contributed by atoms with Crippen LogP contribution in [0, 0.1) is 6.92 Å². The van der Waals surface area contributed by atoms with Crippen LogP contribution < -0.4 is 0 Å². The summed E-state index contributed by atoms with van der Waals surface area (Å²) < 4.78 is 12.6. The molecular weight excluding hydrogens is 540 g/mol. The Morgan fingerprint density at radius 1 is 1.07 bits per heavy atom. The summed E-state index contributed by atoms with van der Waals surface area (Å²) in [6, 6.07) is 23.5. The zero-order valence-corrected chi connectivity index (χ0v) is 23.5. The van der Waals surface area contributed by atoms with Gasteiger partial charge in [-0.3, -0.25) is 4.79 Å². The standard InChI is InChI=1S/C32H29ClN4O4/c1-3-40-31(39)32(15-16-32)25-13-11-23(12-14-25)22-7-9-24(10-8-22)30-28(20(2)35-41-30)29(38)27-19-37(36-34-27)18-21-5-4-6-26(33)17-21/h4-14,17,19,29,38H,3,15-16,18H2,1-2H3. The van der Waals surface area contributed by atoms with Crippen molar-refractivity contribution in [2.75, 3.05) is 6.61 Å². The van der Waals surface area contributed by atoms with E-state index in [9.17, 15) is 9.90 Å². The summed E-state index contributed by atoms with van der Waals surface area (Å²) in [6.07, 6.45) is 2.29. The van der Waals surface area contributed by atoms with Crippen molar-refractivity contribution >= 4 is 17.6 Å². The Morgan fingerprint density at radius 2 is 1.76 bits per heavy atom. The van der Waals surface area contributed by atoms with E-state index in [0.717, 1.165) is 40.7 Å². The molecule has 8 nitrogen and oxygen atoms in total. The molecule has 6 rings (SSSR count). The molecule has 2 aromatic heterocycles. The fraction of sp³-hybridized carbons (Fsp3) is 0.250. The maximum Gasteiger partial charge on any atom is 0.316 e. The minimum absolute atomic E-state index is 0.138. The highest BCUT2D eigenvalue weighted by atomic mass is 35.5.